The summed E-state index contributed by atoms with van der Waals surface area (Å²) in [5, 5.41) is 27.2. The lowest BCUT2D eigenvalue weighted by Crippen LogP contribution is -2.47. The number of carboxylic acids is 2. The third kappa shape index (κ3) is 83.0. The number of hydrogen-bond acceptors (Lipinski definition) is 31. The van der Waals surface area contributed by atoms with Crippen LogP contribution in [0.4, 0.5) is 0 Å². The first-order valence-electron chi connectivity index (χ1n) is 44.3. The molecule has 4 atom stereocenters. The van der Waals surface area contributed by atoms with Gasteiger partial charge < -0.3 is 140 Å². The molecule has 39 heteroatoms. The zero-order valence-electron chi connectivity index (χ0n) is 73.7. The zero-order chi connectivity index (χ0) is 88.0. The Hall–Kier alpha value is -2.65. The molecule has 0 spiro atoms. The van der Waals surface area contributed by atoms with Crippen molar-refractivity contribution in [2.45, 2.75) is 154 Å². The van der Waals surface area contributed by atoms with Crippen molar-refractivity contribution in [3.63, 3.8) is 0 Å². The first-order chi connectivity index (χ1) is 60.0. The van der Waals surface area contributed by atoms with Gasteiger partial charge in [-0.15, -0.1) is 0 Å². The predicted molar refractivity (Wildman–Crippen MR) is 471 cm³/mol. The average Bonchev–Trinajstić information content (AvgIpc) is 0.820. The van der Waals surface area contributed by atoms with Crippen LogP contribution < -0.4 is 16.0 Å². The Bertz CT molecular complexity index is 2390. The van der Waals surface area contributed by atoms with Crippen molar-refractivity contribution in [3.8, 4) is 0 Å². The maximum absolute atomic E-state index is 13.6. The van der Waals surface area contributed by atoms with Crippen molar-refractivity contribution < 1.29 is 148 Å². The molecule has 0 radical (unpaired) electrons. The number of carbonyl (C=O) groups excluding carboxylic acids is 3. The maximum atomic E-state index is 13.6. The number of nitrogens with one attached hydrogen (secondary N) is 4. The number of rotatable bonds is 105. The molecular weight excluding hydrogens is 1750 g/mol. The molecule has 2 amide bonds. The summed E-state index contributed by atoms with van der Waals surface area (Å²) in [6.07, 6.45) is 21.9. The number of unbranched alkanes of at least 4 members (excludes halogenated alkanes) is 15. The van der Waals surface area contributed by atoms with E-state index in [9.17, 15) is 29.1 Å². The van der Waals surface area contributed by atoms with Crippen LogP contribution in [0, 0.1) is 5.41 Å². The van der Waals surface area contributed by atoms with Gasteiger partial charge >= 0.3 is 11.9 Å². The zero-order valence-corrected chi connectivity index (χ0v) is 77.9. The van der Waals surface area contributed by atoms with Gasteiger partial charge in [0, 0.05) is 43.0 Å². The minimum atomic E-state index is -1.46. The normalized spacial score (nSPS) is 12.7. The highest BCUT2D eigenvalue weighted by molar-refractivity contribution is 14.2. The quantitative estimate of drug-likeness (QED) is 0.0118. The molecule has 718 valence electrons. The van der Waals surface area contributed by atoms with Crippen molar-refractivity contribution in [3.05, 3.63) is 18.2 Å². The monoisotopic (exact) mass is 1910 g/mol. The summed E-state index contributed by atoms with van der Waals surface area (Å²) in [4.78, 5) is 68.9. The summed E-state index contributed by atoms with van der Waals surface area (Å²) >= 11 is 2.12. The Morgan fingerprint density at radius 2 is 0.623 bits per heavy atom. The molecular formula is C83H158IN5O31P2. The molecule has 0 aliphatic rings. The number of carboxylic acid groups (broad SMARTS) is 2. The smallest absolute Gasteiger partial charge is 0.319 e. The number of aromatic nitrogens is 2. The van der Waals surface area contributed by atoms with E-state index in [-0.39, 0.29) is 50.7 Å². The van der Waals surface area contributed by atoms with Gasteiger partial charge in [0.25, 0.3) is 0 Å². The molecule has 1 rings (SSSR count). The lowest BCUT2D eigenvalue weighted by atomic mass is 9.76. The van der Waals surface area contributed by atoms with Crippen LogP contribution in [-0.2, 0) is 144 Å². The van der Waals surface area contributed by atoms with Gasteiger partial charge in [0.15, 0.2) is 5.52 Å². The van der Waals surface area contributed by atoms with Crippen molar-refractivity contribution >= 4 is 65.5 Å². The number of halogens is 1. The van der Waals surface area contributed by atoms with Crippen LogP contribution in [0.1, 0.15) is 147 Å². The highest BCUT2D eigenvalue weighted by Gasteiger charge is 2.45. The molecule has 0 bridgehead atoms. The number of H-pyrrole nitrogens is 1. The van der Waals surface area contributed by atoms with Gasteiger partial charge in [-0.25, -0.2) is 4.98 Å². The van der Waals surface area contributed by atoms with Crippen LogP contribution in [0.15, 0.2) is 12.5 Å². The molecule has 1 heterocycles. The van der Waals surface area contributed by atoms with Crippen molar-refractivity contribution in [1.82, 2.24) is 25.9 Å². The Kier molecular flexibility index (Phi) is 92.3. The van der Waals surface area contributed by atoms with E-state index in [1.807, 2.05) is 0 Å². The van der Waals surface area contributed by atoms with Gasteiger partial charge in [0.2, 0.25) is 11.8 Å². The lowest BCUT2D eigenvalue weighted by molar-refractivity contribution is -0.157. The largest absolute Gasteiger partial charge is 0.481 e. The Balaban J connectivity index is 1.73. The molecule has 0 saturated carbocycles. The van der Waals surface area contributed by atoms with Crippen LogP contribution in [0.25, 0.3) is 0 Å². The van der Waals surface area contributed by atoms with Crippen molar-refractivity contribution in [1.29, 1.82) is 0 Å². The third-order valence-electron chi connectivity index (χ3n) is 18.0. The molecule has 0 fully saturated rings. The van der Waals surface area contributed by atoms with Gasteiger partial charge in [-0.1, -0.05) is 119 Å². The predicted octanol–water partition coefficient (Wildman–Crippen LogP) is 8.01. The lowest BCUT2D eigenvalue weighted by Gasteiger charge is -2.28. The number of carbonyl (C=O) groups is 5. The number of imidazole rings is 1. The van der Waals surface area contributed by atoms with Gasteiger partial charge in [-0.05, 0) is 41.3 Å². The van der Waals surface area contributed by atoms with E-state index < -0.39 is 34.6 Å². The molecule has 0 aliphatic carbocycles. The topological polar surface area (TPSA) is 412 Å². The molecule has 1 aromatic rings. The second-order valence-corrected chi connectivity index (χ2v) is 36.7. The van der Waals surface area contributed by atoms with Crippen LogP contribution in [-0.4, -0.2) is 386 Å². The van der Waals surface area contributed by atoms with Crippen molar-refractivity contribution in [2.75, 3.05) is 330 Å². The van der Waals surface area contributed by atoms with E-state index in [1.54, 1.807) is 12.5 Å². The summed E-state index contributed by atoms with van der Waals surface area (Å²) in [6, 6.07) is -0.428. The number of aromatic amines is 1. The van der Waals surface area contributed by atoms with Gasteiger partial charge in [0.1, 0.15) is 5.41 Å². The van der Waals surface area contributed by atoms with E-state index >= 15 is 0 Å². The minimum Gasteiger partial charge on any atom is -0.481 e. The number of hydrogen-bond donors (Lipinski definition) is 6. The van der Waals surface area contributed by atoms with Crippen LogP contribution in [0.3, 0.4) is 0 Å². The first-order valence-corrected chi connectivity index (χ1v) is 50.1. The molecule has 6 N–H and O–H groups in total. The molecule has 0 aromatic carbocycles. The third-order valence-corrected chi connectivity index (χ3v) is 20.9. The Labute approximate surface area is 743 Å². The fraction of sp³-hybridized carbons (Fsp3) is 0.904. The number of amides is 2. The van der Waals surface area contributed by atoms with E-state index in [0.29, 0.717) is 342 Å². The molecule has 0 saturated heterocycles. The fourth-order valence-electron chi connectivity index (χ4n) is 11.3. The number of nitrogens with zero attached hydrogens (tertiary/aromatic N) is 1. The molecule has 122 heavy (non-hydrogen) atoms. The maximum Gasteiger partial charge on any atom is 0.319 e. The standard InChI is InChI=1S/C83H158IN5O31P2/c1-2-3-4-5-6-8-11-14-17-21-83(82(95)96,22-18-15-12-9-7-10-13-16-19-79(91)92)81(94)86-23-25-98-27-29-100-31-33-102-35-37-104-39-41-106-43-45-108-47-49-110-51-53-112-55-57-114-59-61-116-63-65-118-67-69-120-71-70-119-68-66-117-64-62-115-60-58-113-56-54-111-52-50-109-48-46-107-44-42-105-40-38-103-36-34-101-32-30-99-28-26-97-24-20-78(90)89-75-88-77(80(93)122(84)121)72-76-73-85-74-87-76/h73-74,77,88H,2-72,75,121H2,1H3,(H,85,87)(H,86,94)(H,89,90)(H,91,92)(H,95,96). The number of ether oxygens (including phenoxy) is 24. The SMILES string of the molecule is CCCCCCCCCCCC(CCCCCCCCCCC(=O)O)(C(=O)O)C(=O)NCCOCCOCCOCCOCCOCCOCCOCCOCCOCCOCCOCCOCCOCCOCCOCCOCCOCCOCCOCCOCCOCCOCCOCCOCCC(=O)NCNC(Cc1cnc[nH]1)C(=O)P(P)I. The molecule has 0 aliphatic heterocycles. The second-order valence-electron chi connectivity index (χ2n) is 27.9. The summed E-state index contributed by atoms with van der Waals surface area (Å²) in [5.74, 6) is -2.42. The van der Waals surface area contributed by atoms with Gasteiger partial charge in [0.05, 0.1) is 336 Å². The summed E-state index contributed by atoms with van der Waals surface area (Å²) in [7, 11) is 2.56. The average molecular weight is 1910 g/mol. The summed E-state index contributed by atoms with van der Waals surface area (Å²) in [5.41, 5.74) is -0.531. The molecule has 36 nitrogen and oxygen atoms in total. The Morgan fingerprint density at radius 1 is 0.369 bits per heavy atom. The van der Waals surface area contributed by atoms with E-state index in [4.69, 9.17) is 119 Å². The first kappa shape index (κ1) is 117. The molecule has 1 aromatic heterocycles. The van der Waals surface area contributed by atoms with Gasteiger partial charge in [-0.2, -0.15) is 0 Å². The Morgan fingerprint density at radius 3 is 0.869 bits per heavy atom. The fourth-order valence-corrected chi connectivity index (χ4v) is 13.3. The van der Waals surface area contributed by atoms with Crippen LogP contribution in [0.2, 0.25) is 0 Å². The second kappa shape index (κ2) is 95.9. The minimum absolute atomic E-state index is 0.0829. The van der Waals surface area contributed by atoms with E-state index in [0.717, 1.165) is 63.5 Å². The van der Waals surface area contributed by atoms with Crippen molar-refractivity contribution in [2.24, 2.45) is 5.41 Å². The summed E-state index contributed by atoms with van der Waals surface area (Å²) in [6.45, 7) is 23.7. The van der Waals surface area contributed by atoms with Crippen LogP contribution >= 0.6 is 36.2 Å². The van der Waals surface area contributed by atoms with E-state index in [2.05, 4.69) is 63.8 Å². The highest BCUT2D eigenvalue weighted by Crippen LogP contribution is 2.54. The van der Waals surface area contributed by atoms with Gasteiger partial charge in [-0.3, -0.25) is 29.3 Å². The highest BCUT2D eigenvalue weighted by atomic mass is 127. The van der Waals surface area contributed by atoms with Crippen LogP contribution in [0.5, 0.6) is 0 Å². The number of aliphatic carboxylic acids is 2. The van der Waals surface area contributed by atoms with E-state index in [1.165, 1.54) is 32.1 Å². The summed E-state index contributed by atoms with van der Waals surface area (Å²) < 4.78 is 133. The molecule has 4 unspecified atom stereocenters.